The van der Waals surface area contributed by atoms with Gasteiger partial charge in [0.2, 0.25) is 0 Å². The predicted octanol–water partition coefficient (Wildman–Crippen LogP) is 0.950. The van der Waals surface area contributed by atoms with Gasteiger partial charge in [0.15, 0.2) is 11.6 Å². The van der Waals surface area contributed by atoms with Crippen molar-refractivity contribution in [1.82, 2.24) is 29.9 Å². The fourth-order valence-electron chi connectivity index (χ4n) is 3.64. The number of aromatic nitrogens is 5. The molecule has 2 aliphatic rings. The maximum Gasteiger partial charge on any atom is 0.274 e. The van der Waals surface area contributed by atoms with Crippen LogP contribution >= 0.6 is 0 Å². The van der Waals surface area contributed by atoms with Crippen molar-refractivity contribution in [3.05, 3.63) is 29.6 Å². The molecule has 1 saturated carbocycles. The molecule has 1 N–H and O–H groups in total. The Hall–Kier alpha value is -2.22. The lowest BCUT2D eigenvalue weighted by Crippen LogP contribution is -2.29. The molecule has 1 amide bonds. The summed E-state index contributed by atoms with van der Waals surface area (Å²) in [5, 5.41) is 11.5. The van der Waals surface area contributed by atoms with Gasteiger partial charge in [0.05, 0.1) is 0 Å². The lowest BCUT2D eigenvalue weighted by molar-refractivity contribution is 0.0778. The quantitative estimate of drug-likeness (QED) is 0.882. The number of nitrogens with one attached hydrogen (secondary N) is 1. The Morgan fingerprint density at radius 2 is 2.25 bits per heavy atom. The maximum absolute atomic E-state index is 12.7. The van der Waals surface area contributed by atoms with Gasteiger partial charge in [-0.3, -0.25) is 14.6 Å². The Bertz CT molecular complexity index is 735. The summed E-state index contributed by atoms with van der Waals surface area (Å²) in [6.45, 7) is 1.84. The van der Waals surface area contributed by atoms with Crippen LogP contribution < -0.4 is 0 Å². The first-order chi connectivity index (χ1) is 11.7. The molecule has 3 heterocycles. The van der Waals surface area contributed by atoms with Crippen LogP contribution in [0.4, 0.5) is 0 Å². The van der Waals surface area contributed by atoms with E-state index in [1.54, 1.807) is 24.1 Å². The molecule has 0 bridgehead atoms. The summed E-state index contributed by atoms with van der Waals surface area (Å²) in [7, 11) is 3.46. The van der Waals surface area contributed by atoms with Crippen LogP contribution in [0.3, 0.4) is 0 Å². The SMILES string of the molecule is COCc1nc([C@H]2CN(C(=O)c3ccn(C)n3)C[C@@H]2C2CC2)n[nH]1. The number of carbonyl (C=O) groups excluding carboxylic acids is 1. The topological polar surface area (TPSA) is 88.9 Å². The second-order valence-electron chi connectivity index (χ2n) is 6.77. The molecule has 24 heavy (non-hydrogen) atoms. The molecule has 1 saturated heterocycles. The van der Waals surface area contributed by atoms with E-state index in [-0.39, 0.29) is 11.8 Å². The predicted molar refractivity (Wildman–Crippen MR) is 85.2 cm³/mol. The number of carbonyl (C=O) groups is 1. The first-order valence-electron chi connectivity index (χ1n) is 8.34. The molecule has 1 aliphatic heterocycles. The molecule has 0 spiro atoms. The number of aromatic amines is 1. The number of nitrogens with zero attached hydrogens (tertiary/aromatic N) is 5. The first kappa shape index (κ1) is 15.3. The van der Waals surface area contributed by atoms with Gasteiger partial charge in [0, 0.05) is 39.4 Å². The summed E-state index contributed by atoms with van der Waals surface area (Å²) in [6, 6.07) is 1.77. The van der Waals surface area contributed by atoms with Crippen molar-refractivity contribution in [3.63, 3.8) is 0 Å². The van der Waals surface area contributed by atoms with Gasteiger partial charge in [0.25, 0.3) is 5.91 Å². The van der Waals surface area contributed by atoms with Gasteiger partial charge in [0.1, 0.15) is 12.3 Å². The molecular formula is C16H22N6O2. The van der Waals surface area contributed by atoms with Crippen LogP contribution in [-0.2, 0) is 18.4 Å². The van der Waals surface area contributed by atoms with E-state index >= 15 is 0 Å². The lowest BCUT2D eigenvalue weighted by atomic mass is 9.91. The van der Waals surface area contributed by atoms with Crippen LogP contribution in [0.15, 0.2) is 12.3 Å². The highest BCUT2D eigenvalue weighted by molar-refractivity contribution is 5.92. The average Bonchev–Trinajstić information content (AvgIpc) is 2.99. The molecule has 8 heteroatoms. The van der Waals surface area contributed by atoms with E-state index in [4.69, 9.17) is 4.74 Å². The summed E-state index contributed by atoms with van der Waals surface area (Å²) >= 11 is 0. The minimum Gasteiger partial charge on any atom is -0.377 e. The number of aryl methyl sites for hydroxylation is 1. The van der Waals surface area contributed by atoms with Crippen molar-refractivity contribution in [2.24, 2.45) is 18.9 Å². The van der Waals surface area contributed by atoms with Crippen molar-refractivity contribution >= 4 is 5.91 Å². The molecule has 2 aromatic rings. The first-order valence-corrected chi connectivity index (χ1v) is 8.34. The average molecular weight is 330 g/mol. The third-order valence-corrected chi connectivity index (χ3v) is 4.97. The summed E-state index contributed by atoms with van der Waals surface area (Å²) in [5.74, 6) is 2.83. The number of hydrogen-bond donors (Lipinski definition) is 1. The standard InChI is InChI=1S/C16H22N6O2/c1-21-6-5-13(20-21)16(23)22-7-11(10-3-4-10)12(8-22)15-17-14(9-24-2)18-19-15/h5-6,10-12H,3-4,7-9H2,1-2H3,(H,17,18,19)/t11-,12+/m1/s1. The van der Waals surface area contributed by atoms with Crippen molar-refractivity contribution in [3.8, 4) is 0 Å². The Kier molecular flexibility index (Phi) is 3.84. The van der Waals surface area contributed by atoms with Crippen LogP contribution in [0, 0.1) is 11.8 Å². The smallest absolute Gasteiger partial charge is 0.274 e. The highest BCUT2D eigenvalue weighted by Gasteiger charge is 2.46. The fourth-order valence-corrected chi connectivity index (χ4v) is 3.64. The lowest BCUT2D eigenvalue weighted by Gasteiger charge is -2.14. The molecule has 2 fully saturated rings. The molecule has 0 aromatic carbocycles. The van der Waals surface area contributed by atoms with E-state index in [1.165, 1.54) is 12.8 Å². The molecule has 2 atom stereocenters. The van der Waals surface area contributed by atoms with Crippen molar-refractivity contribution in [1.29, 1.82) is 0 Å². The van der Waals surface area contributed by atoms with Gasteiger partial charge >= 0.3 is 0 Å². The second-order valence-corrected chi connectivity index (χ2v) is 6.77. The van der Waals surface area contributed by atoms with Crippen molar-refractivity contribution in [2.75, 3.05) is 20.2 Å². The summed E-state index contributed by atoms with van der Waals surface area (Å²) in [6.07, 6.45) is 4.27. The van der Waals surface area contributed by atoms with Crippen LogP contribution in [-0.4, -0.2) is 56.0 Å². The Balaban J connectivity index is 1.54. The van der Waals surface area contributed by atoms with Crippen LogP contribution in [0.1, 0.15) is 40.9 Å². The fraction of sp³-hybridized carbons (Fsp3) is 0.625. The van der Waals surface area contributed by atoms with Crippen LogP contribution in [0.5, 0.6) is 0 Å². The second kappa shape index (κ2) is 6.01. The number of amides is 1. The van der Waals surface area contributed by atoms with Gasteiger partial charge in [-0.05, 0) is 30.7 Å². The van der Waals surface area contributed by atoms with Gasteiger partial charge in [-0.15, -0.1) is 0 Å². The summed E-state index contributed by atoms with van der Waals surface area (Å²) < 4.78 is 6.76. The number of likely N-dealkylation sites (tertiary alicyclic amines) is 1. The minimum absolute atomic E-state index is 0.00333. The Morgan fingerprint density at radius 1 is 1.42 bits per heavy atom. The number of hydrogen-bond acceptors (Lipinski definition) is 5. The van der Waals surface area contributed by atoms with Gasteiger partial charge in [-0.1, -0.05) is 0 Å². The number of methoxy groups -OCH3 is 1. The molecule has 4 rings (SSSR count). The molecule has 2 aromatic heterocycles. The largest absolute Gasteiger partial charge is 0.377 e. The highest BCUT2D eigenvalue weighted by atomic mass is 16.5. The summed E-state index contributed by atoms with van der Waals surface area (Å²) in [5.41, 5.74) is 0.503. The zero-order valence-corrected chi connectivity index (χ0v) is 14.0. The number of rotatable bonds is 5. The van der Waals surface area contributed by atoms with Gasteiger partial charge < -0.3 is 9.64 Å². The van der Waals surface area contributed by atoms with E-state index in [0.717, 1.165) is 18.2 Å². The molecule has 0 radical (unpaired) electrons. The third-order valence-electron chi connectivity index (χ3n) is 4.97. The molecule has 0 unspecified atom stereocenters. The maximum atomic E-state index is 12.7. The minimum atomic E-state index is -0.00333. The highest BCUT2D eigenvalue weighted by Crippen LogP contribution is 2.47. The van der Waals surface area contributed by atoms with Crippen LogP contribution in [0.2, 0.25) is 0 Å². The third kappa shape index (κ3) is 2.82. The van der Waals surface area contributed by atoms with Crippen molar-refractivity contribution < 1.29 is 9.53 Å². The molecule has 1 aliphatic carbocycles. The van der Waals surface area contributed by atoms with Crippen molar-refractivity contribution in [2.45, 2.75) is 25.4 Å². The zero-order valence-electron chi connectivity index (χ0n) is 14.0. The summed E-state index contributed by atoms with van der Waals surface area (Å²) in [4.78, 5) is 19.2. The van der Waals surface area contributed by atoms with Gasteiger partial charge in [-0.2, -0.15) is 10.2 Å². The van der Waals surface area contributed by atoms with E-state index < -0.39 is 0 Å². The zero-order chi connectivity index (χ0) is 16.7. The van der Waals surface area contributed by atoms with Crippen LogP contribution in [0.25, 0.3) is 0 Å². The van der Waals surface area contributed by atoms with Gasteiger partial charge in [-0.25, -0.2) is 4.98 Å². The molecule has 8 nitrogen and oxygen atoms in total. The Morgan fingerprint density at radius 3 is 2.92 bits per heavy atom. The Labute approximate surface area is 140 Å². The number of H-pyrrole nitrogens is 1. The number of ether oxygens (including phenoxy) is 1. The monoisotopic (exact) mass is 330 g/mol. The van der Waals surface area contributed by atoms with E-state index in [1.807, 2.05) is 11.9 Å². The normalized spacial score (nSPS) is 23.8. The molecule has 128 valence electrons. The molecular weight excluding hydrogens is 308 g/mol. The van der Waals surface area contributed by atoms with E-state index in [9.17, 15) is 4.79 Å². The van der Waals surface area contributed by atoms with E-state index in [0.29, 0.717) is 30.7 Å². The van der Waals surface area contributed by atoms with E-state index in [2.05, 4.69) is 20.3 Å².